The molecule has 29 heavy (non-hydrogen) atoms. The fourth-order valence-corrected chi connectivity index (χ4v) is 7.29. The summed E-state index contributed by atoms with van der Waals surface area (Å²) in [5.41, 5.74) is 18.5. The second-order valence-corrected chi connectivity index (χ2v) is 10.1. The smallest absolute Gasteiger partial charge is 0.138 e. The van der Waals surface area contributed by atoms with Crippen molar-refractivity contribution in [3.63, 3.8) is 0 Å². The van der Waals surface area contributed by atoms with Crippen molar-refractivity contribution in [1.29, 1.82) is 0 Å². The third-order valence-corrected chi connectivity index (χ3v) is 8.53. The number of hydrogen-bond donors (Lipinski definition) is 4. The van der Waals surface area contributed by atoms with Gasteiger partial charge in [0, 0.05) is 0 Å². The summed E-state index contributed by atoms with van der Waals surface area (Å²) >= 11 is 0. The highest BCUT2D eigenvalue weighted by Crippen LogP contribution is 2.63. The summed E-state index contributed by atoms with van der Waals surface area (Å²) < 4.78 is 0. The Balaban J connectivity index is 1.49. The lowest BCUT2D eigenvalue weighted by Gasteiger charge is -2.41. The van der Waals surface area contributed by atoms with Crippen molar-refractivity contribution in [1.82, 2.24) is 0 Å². The van der Waals surface area contributed by atoms with E-state index in [1.165, 1.54) is 49.7 Å². The van der Waals surface area contributed by atoms with Crippen LogP contribution < -0.4 is 11.5 Å². The number of benzene rings is 2. The standard InChI is InChI=1S/C25H32N2O2/c1-13-19(3-5-21(28)23(13)26)16-7-15-8-17-11-25(10-15,12-18(17)9-16)20-4-6-22(29)24(27)14(20)2/h3-6,15-18,28-29H,7-12,26-27H2,1-2H3. The quantitative estimate of drug-likeness (QED) is 0.421. The highest BCUT2D eigenvalue weighted by Gasteiger charge is 2.54. The predicted octanol–water partition coefficient (Wildman–Crippen LogP) is 5.13. The monoisotopic (exact) mass is 392 g/mol. The summed E-state index contributed by atoms with van der Waals surface area (Å²) in [5.74, 6) is 3.13. The van der Waals surface area contributed by atoms with Crippen molar-refractivity contribution in [2.24, 2.45) is 17.8 Å². The Morgan fingerprint density at radius 2 is 1.41 bits per heavy atom. The highest BCUT2D eigenvalue weighted by atomic mass is 16.3. The van der Waals surface area contributed by atoms with Gasteiger partial charge in [-0.2, -0.15) is 0 Å². The minimum atomic E-state index is 0.196. The molecule has 0 saturated heterocycles. The molecular weight excluding hydrogens is 360 g/mol. The van der Waals surface area contributed by atoms with Crippen LogP contribution in [-0.2, 0) is 5.41 Å². The van der Waals surface area contributed by atoms with Gasteiger partial charge in [-0.3, -0.25) is 0 Å². The molecule has 0 spiro atoms. The fraction of sp³-hybridized carbons (Fsp3) is 0.520. The van der Waals surface area contributed by atoms with Crippen molar-refractivity contribution in [3.05, 3.63) is 46.5 Å². The van der Waals surface area contributed by atoms with Gasteiger partial charge < -0.3 is 21.7 Å². The van der Waals surface area contributed by atoms with Crippen LogP contribution in [0.15, 0.2) is 24.3 Å². The Kier molecular flexibility index (Phi) is 4.06. The zero-order valence-corrected chi connectivity index (χ0v) is 17.4. The van der Waals surface area contributed by atoms with Gasteiger partial charge in [0.25, 0.3) is 0 Å². The molecule has 4 nitrogen and oxygen atoms in total. The first-order valence-corrected chi connectivity index (χ1v) is 11.0. The Morgan fingerprint density at radius 1 is 0.793 bits per heavy atom. The number of fused-ring (bicyclic) bond motifs is 2. The second kappa shape index (κ2) is 6.32. The van der Waals surface area contributed by atoms with Gasteiger partial charge in [0.2, 0.25) is 0 Å². The highest BCUT2D eigenvalue weighted by molar-refractivity contribution is 5.62. The number of rotatable bonds is 2. The van der Waals surface area contributed by atoms with Gasteiger partial charge in [-0.15, -0.1) is 0 Å². The SMILES string of the molecule is Cc1c(C2CC3CC4CC(c5ccc(O)c(N)c5C)(C3)CC4C2)ccc(O)c1N. The lowest BCUT2D eigenvalue weighted by atomic mass is 9.64. The summed E-state index contributed by atoms with van der Waals surface area (Å²) in [6, 6.07) is 7.78. The van der Waals surface area contributed by atoms with Crippen LogP contribution in [0.5, 0.6) is 11.5 Å². The first-order valence-electron chi connectivity index (χ1n) is 11.0. The molecular formula is C25H32N2O2. The van der Waals surface area contributed by atoms with E-state index in [4.69, 9.17) is 11.5 Å². The van der Waals surface area contributed by atoms with Crippen LogP contribution in [0.2, 0.25) is 0 Å². The maximum atomic E-state index is 10.0. The average molecular weight is 393 g/mol. The number of aromatic hydroxyl groups is 2. The Hall–Kier alpha value is -2.36. The molecule has 0 radical (unpaired) electrons. The summed E-state index contributed by atoms with van der Waals surface area (Å²) in [5, 5.41) is 20.0. The molecule has 6 N–H and O–H groups in total. The van der Waals surface area contributed by atoms with Gasteiger partial charge in [0.15, 0.2) is 0 Å². The molecule has 0 aromatic heterocycles. The molecule has 3 saturated carbocycles. The molecule has 0 aliphatic heterocycles. The van der Waals surface area contributed by atoms with Gasteiger partial charge in [-0.05, 0) is 116 Å². The molecule has 3 bridgehead atoms. The Labute approximate surface area is 172 Å². The molecule has 3 fully saturated rings. The molecule has 5 atom stereocenters. The summed E-state index contributed by atoms with van der Waals surface area (Å²) in [6.45, 7) is 4.12. The third-order valence-electron chi connectivity index (χ3n) is 8.53. The number of anilines is 2. The van der Waals surface area contributed by atoms with Crippen molar-refractivity contribution in [2.75, 3.05) is 11.5 Å². The van der Waals surface area contributed by atoms with E-state index in [0.29, 0.717) is 23.2 Å². The maximum absolute atomic E-state index is 10.0. The lowest BCUT2D eigenvalue weighted by Crippen LogP contribution is -2.32. The van der Waals surface area contributed by atoms with E-state index in [2.05, 4.69) is 26.0 Å². The number of nitrogens with two attached hydrogens (primary N) is 2. The minimum Gasteiger partial charge on any atom is -0.506 e. The largest absolute Gasteiger partial charge is 0.506 e. The van der Waals surface area contributed by atoms with Crippen LogP contribution in [0.1, 0.15) is 66.7 Å². The van der Waals surface area contributed by atoms with E-state index < -0.39 is 0 Å². The maximum Gasteiger partial charge on any atom is 0.138 e. The predicted molar refractivity (Wildman–Crippen MR) is 117 cm³/mol. The summed E-state index contributed by atoms with van der Waals surface area (Å²) in [7, 11) is 0. The molecule has 0 amide bonds. The summed E-state index contributed by atoms with van der Waals surface area (Å²) in [6.07, 6.45) is 7.44. The van der Waals surface area contributed by atoms with Crippen LogP contribution in [0, 0.1) is 31.6 Å². The molecule has 154 valence electrons. The molecule has 5 rings (SSSR count). The van der Waals surface area contributed by atoms with E-state index in [1.54, 1.807) is 12.1 Å². The normalized spacial score (nSPS) is 33.0. The number of phenolic OH excluding ortho intramolecular Hbond substituents is 2. The number of phenols is 2. The zero-order chi connectivity index (χ0) is 20.5. The first-order chi connectivity index (χ1) is 13.8. The minimum absolute atomic E-state index is 0.196. The zero-order valence-electron chi connectivity index (χ0n) is 17.4. The van der Waals surface area contributed by atoms with Crippen molar-refractivity contribution in [3.8, 4) is 11.5 Å². The van der Waals surface area contributed by atoms with Crippen molar-refractivity contribution in [2.45, 2.75) is 63.7 Å². The number of nitrogen functional groups attached to an aromatic ring is 2. The van der Waals surface area contributed by atoms with Crippen LogP contribution >= 0.6 is 0 Å². The Morgan fingerprint density at radius 3 is 2.14 bits per heavy atom. The van der Waals surface area contributed by atoms with Crippen molar-refractivity contribution >= 4 is 11.4 Å². The lowest BCUT2D eigenvalue weighted by molar-refractivity contribution is 0.214. The first kappa shape index (κ1) is 18.7. The van der Waals surface area contributed by atoms with Gasteiger partial charge >= 0.3 is 0 Å². The van der Waals surface area contributed by atoms with Gasteiger partial charge in [-0.1, -0.05) is 12.1 Å². The average Bonchev–Trinajstić information content (AvgIpc) is 2.86. The van der Waals surface area contributed by atoms with Crippen LogP contribution in [0.3, 0.4) is 0 Å². The molecule has 5 unspecified atom stereocenters. The third kappa shape index (κ3) is 2.72. The van der Waals surface area contributed by atoms with Gasteiger partial charge in [0.05, 0.1) is 11.4 Å². The van der Waals surface area contributed by atoms with E-state index in [9.17, 15) is 10.2 Å². The topological polar surface area (TPSA) is 92.5 Å². The molecule has 0 heterocycles. The molecule has 4 heteroatoms. The van der Waals surface area contributed by atoms with E-state index >= 15 is 0 Å². The van der Waals surface area contributed by atoms with Crippen LogP contribution in [0.25, 0.3) is 0 Å². The molecule has 3 aliphatic carbocycles. The van der Waals surface area contributed by atoms with E-state index in [0.717, 1.165) is 23.0 Å². The van der Waals surface area contributed by atoms with Gasteiger partial charge in [0.1, 0.15) is 11.5 Å². The van der Waals surface area contributed by atoms with E-state index in [-0.39, 0.29) is 16.9 Å². The van der Waals surface area contributed by atoms with Crippen molar-refractivity contribution < 1.29 is 10.2 Å². The molecule has 3 aliphatic rings. The van der Waals surface area contributed by atoms with Crippen LogP contribution in [0.4, 0.5) is 11.4 Å². The fourth-order valence-electron chi connectivity index (χ4n) is 7.29. The van der Waals surface area contributed by atoms with E-state index in [1.807, 2.05) is 0 Å². The Bertz CT molecular complexity index is 981. The number of hydrogen-bond acceptors (Lipinski definition) is 4. The summed E-state index contributed by atoms with van der Waals surface area (Å²) in [4.78, 5) is 0. The molecule has 2 aromatic rings. The second-order valence-electron chi connectivity index (χ2n) is 10.1. The van der Waals surface area contributed by atoms with Crippen LogP contribution in [-0.4, -0.2) is 10.2 Å². The van der Waals surface area contributed by atoms with Gasteiger partial charge in [-0.25, -0.2) is 0 Å². The molecule has 2 aromatic carbocycles.